The molecule has 0 saturated heterocycles. The minimum absolute atomic E-state index is 0.0676. The predicted octanol–water partition coefficient (Wildman–Crippen LogP) is 3.68. The first-order valence-corrected chi connectivity index (χ1v) is 9.13. The van der Waals surface area contributed by atoms with Crippen LogP contribution in [0.2, 0.25) is 10.0 Å². The standard InChI is InChI=1S/C18H26Cl2N2O3/c1-11(2)16(18(24)21-8-5-9-25-12(3)4)22-17(23)14-7-6-13(19)10-15(14)20/h6-7,10-12,16H,5,8-9H2,1-4H3,(H,21,24)(H,22,23). The molecule has 1 atom stereocenters. The van der Waals surface area contributed by atoms with Gasteiger partial charge in [0.1, 0.15) is 6.04 Å². The molecule has 1 aromatic carbocycles. The zero-order valence-corrected chi connectivity index (χ0v) is 16.6. The largest absolute Gasteiger partial charge is 0.379 e. The number of ether oxygens (including phenoxy) is 1. The minimum atomic E-state index is -0.648. The van der Waals surface area contributed by atoms with Gasteiger partial charge in [-0.05, 0) is 44.4 Å². The highest BCUT2D eigenvalue weighted by molar-refractivity contribution is 6.36. The molecule has 1 unspecified atom stereocenters. The first kappa shape index (κ1) is 21.7. The van der Waals surface area contributed by atoms with Gasteiger partial charge in [0, 0.05) is 18.2 Å². The van der Waals surface area contributed by atoms with Gasteiger partial charge in [-0.15, -0.1) is 0 Å². The topological polar surface area (TPSA) is 67.4 Å². The molecule has 0 fully saturated rings. The van der Waals surface area contributed by atoms with Crippen molar-refractivity contribution in [1.82, 2.24) is 10.6 Å². The van der Waals surface area contributed by atoms with E-state index in [0.717, 1.165) is 0 Å². The van der Waals surface area contributed by atoms with Crippen LogP contribution >= 0.6 is 23.2 Å². The summed E-state index contributed by atoms with van der Waals surface area (Å²) in [6.45, 7) is 8.74. The Morgan fingerprint density at radius 3 is 2.40 bits per heavy atom. The Kier molecular flexibility index (Phi) is 9.25. The van der Waals surface area contributed by atoms with E-state index in [1.165, 1.54) is 6.07 Å². The first-order chi connectivity index (χ1) is 11.7. The Morgan fingerprint density at radius 2 is 1.84 bits per heavy atom. The van der Waals surface area contributed by atoms with Crippen LogP contribution in [0.25, 0.3) is 0 Å². The third-order valence-electron chi connectivity index (χ3n) is 3.48. The molecular formula is C18H26Cl2N2O3. The van der Waals surface area contributed by atoms with Crippen molar-refractivity contribution in [3.63, 3.8) is 0 Å². The molecule has 0 heterocycles. The zero-order chi connectivity index (χ0) is 19.0. The summed E-state index contributed by atoms with van der Waals surface area (Å²) in [6.07, 6.45) is 0.883. The van der Waals surface area contributed by atoms with Crippen molar-refractivity contribution < 1.29 is 14.3 Å². The van der Waals surface area contributed by atoms with Gasteiger partial charge < -0.3 is 15.4 Å². The summed E-state index contributed by atoms with van der Waals surface area (Å²) in [6, 6.07) is 3.97. The lowest BCUT2D eigenvalue weighted by Crippen LogP contribution is -2.50. The highest BCUT2D eigenvalue weighted by Crippen LogP contribution is 2.21. The fourth-order valence-corrected chi connectivity index (χ4v) is 2.63. The van der Waals surface area contributed by atoms with Gasteiger partial charge in [0.05, 0.1) is 16.7 Å². The zero-order valence-electron chi connectivity index (χ0n) is 15.1. The van der Waals surface area contributed by atoms with Crippen LogP contribution in [-0.4, -0.2) is 37.1 Å². The molecule has 0 aliphatic carbocycles. The molecule has 25 heavy (non-hydrogen) atoms. The van der Waals surface area contributed by atoms with E-state index >= 15 is 0 Å². The minimum Gasteiger partial charge on any atom is -0.379 e. The summed E-state index contributed by atoms with van der Waals surface area (Å²) in [4.78, 5) is 24.8. The molecule has 0 bridgehead atoms. The van der Waals surface area contributed by atoms with Crippen LogP contribution in [-0.2, 0) is 9.53 Å². The Bertz CT molecular complexity index is 592. The SMILES string of the molecule is CC(C)OCCCNC(=O)C(NC(=O)c1ccc(Cl)cc1Cl)C(C)C. The maximum atomic E-state index is 12.4. The molecule has 0 aliphatic heterocycles. The van der Waals surface area contributed by atoms with Crippen LogP contribution in [0.3, 0.4) is 0 Å². The fraction of sp³-hybridized carbons (Fsp3) is 0.556. The van der Waals surface area contributed by atoms with Crippen LogP contribution in [0.15, 0.2) is 18.2 Å². The van der Waals surface area contributed by atoms with E-state index in [2.05, 4.69) is 10.6 Å². The molecule has 0 aliphatic rings. The number of benzene rings is 1. The average Bonchev–Trinajstić information content (AvgIpc) is 2.51. The normalized spacial score (nSPS) is 12.3. The number of carbonyl (C=O) groups is 2. The number of carbonyl (C=O) groups excluding carboxylic acids is 2. The third-order valence-corrected chi connectivity index (χ3v) is 4.03. The van der Waals surface area contributed by atoms with Crippen LogP contribution in [0.4, 0.5) is 0 Å². The Hall–Kier alpha value is -1.30. The van der Waals surface area contributed by atoms with Crippen molar-refractivity contribution in [2.24, 2.45) is 5.92 Å². The lowest BCUT2D eigenvalue weighted by molar-refractivity contribution is -0.124. The smallest absolute Gasteiger partial charge is 0.253 e. The van der Waals surface area contributed by atoms with Gasteiger partial charge in [-0.3, -0.25) is 9.59 Å². The van der Waals surface area contributed by atoms with Crippen LogP contribution in [0.5, 0.6) is 0 Å². The van der Waals surface area contributed by atoms with Gasteiger partial charge in [-0.25, -0.2) is 0 Å². The molecule has 0 aromatic heterocycles. The van der Waals surface area contributed by atoms with E-state index in [0.29, 0.717) is 24.6 Å². The molecule has 0 spiro atoms. The molecule has 2 amide bonds. The number of hydrogen-bond acceptors (Lipinski definition) is 3. The van der Waals surface area contributed by atoms with E-state index in [-0.39, 0.29) is 28.5 Å². The van der Waals surface area contributed by atoms with Crippen molar-refractivity contribution in [2.75, 3.05) is 13.2 Å². The second-order valence-corrected chi connectivity index (χ2v) is 7.23. The van der Waals surface area contributed by atoms with Crippen molar-refractivity contribution in [3.8, 4) is 0 Å². The van der Waals surface area contributed by atoms with E-state index < -0.39 is 11.9 Å². The van der Waals surface area contributed by atoms with Crippen LogP contribution < -0.4 is 10.6 Å². The highest BCUT2D eigenvalue weighted by atomic mass is 35.5. The summed E-state index contributed by atoms with van der Waals surface area (Å²) in [5.41, 5.74) is 0.287. The molecule has 140 valence electrons. The van der Waals surface area contributed by atoms with Crippen molar-refractivity contribution in [2.45, 2.75) is 46.3 Å². The van der Waals surface area contributed by atoms with Gasteiger partial charge >= 0.3 is 0 Å². The summed E-state index contributed by atoms with van der Waals surface area (Å²) >= 11 is 11.9. The van der Waals surface area contributed by atoms with Crippen molar-refractivity contribution in [1.29, 1.82) is 0 Å². The number of rotatable bonds is 9. The monoisotopic (exact) mass is 388 g/mol. The number of nitrogens with one attached hydrogen (secondary N) is 2. The summed E-state index contributed by atoms with van der Waals surface area (Å²) in [5, 5.41) is 6.27. The lowest BCUT2D eigenvalue weighted by atomic mass is 10.0. The molecule has 5 nitrogen and oxygen atoms in total. The van der Waals surface area contributed by atoms with E-state index in [1.807, 2.05) is 27.7 Å². The average molecular weight is 389 g/mol. The van der Waals surface area contributed by atoms with Gasteiger partial charge in [0.25, 0.3) is 5.91 Å². The maximum absolute atomic E-state index is 12.4. The summed E-state index contributed by atoms with van der Waals surface area (Å²) in [5.74, 6) is -0.696. The molecule has 2 N–H and O–H groups in total. The Labute approximate surface area is 159 Å². The van der Waals surface area contributed by atoms with Crippen molar-refractivity contribution >= 4 is 35.0 Å². The van der Waals surface area contributed by atoms with Crippen LogP contribution in [0, 0.1) is 5.92 Å². The van der Waals surface area contributed by atoms with Gasteiger partial charge in [0.15, 0.2) is 0 Å². The first-order valence-electron chi connectivity index (χ1n) is 8.37. The number of halogens is 2. The van der Waals surface area contributed by atoms with E-state index in [9.17, 15) is 9.59 Å². The molecule has 7 heteroatoms. The molecule has 0 radical (unpaired) electrons. The quantitative estimate of drug-likeness (QED) is 0.634. The molecule has 1 aromatic rings. The number of amides is 2. The van der Waals surface area contributed by atoms with E-state index in [1.54, 1.807) is 12.1 Å². The van der Waals surface area contributed by atoms with Gasteiger partial charge in [-0.1, -0.05) is 37.0 Å². The predicted molar refractivity (Wildman–Crippen MR) is 101 cm³/mol. The maximum Gasteiger partial charge on any atom is 0.253 e. The van der Waals surface area contributed by atoms with E-state index in [4.69, 9.17) is 27.9 Å². The highest BCUT2D eigenvalue weighted by Gasteiger charge is 2.25. The Balaban J connectivity index is 2.61. The van der Waals surface area contributed by atoms with Gasteiger partial charge in [0.2, 0.25) is 5.91 Å². The number of hydrogen-bond donors (Lipinski definition) is 2. The van der Waals surface area contributed by atoms with Crippen LogP contribution in [0.1, 0.15) is 44.5 Å². The third kappa shape index (κ3) is 7.63. The fourth-order valence-electron chi connectivity index (χ4n) is 2.14. The second-order valence-electron chi connectivity index (χ2n) is 6.38. The molecular weight excluding hydrogens is 363 g/mol. The van der Waals surface area contributed by atoms with Gasteiger partial charge in [-0.2, -0.15) is 0 Å². The summed E-state index contributed by atoms with van der Waals surface area (Å²) in [7, 11) is 0. The second kappa shape index (κ2) is 10.6. The Morgan fingerprint density at radius 1 is 1.16 bits per heavy atom. The summed E-state index contributed by atoms with van der Waals surface area (Å²) < 4.78 is 5.43. The molecule has 1 rings (SSSR count). The van der Waals surface area contributed by atoms with Crippen molar-refractivity contribution in [3.05, 3.63) is 33.8 Å². The lowest BCUT2D eigenvalue weighted by Gasteiger charge is -2.22. The molecule has 0 saturated carbocycles.